The van der Waals surface area contributed by atoms with Gasteiger partial charge in [0.25, 0.3) is 0 Å². The predicted molar refractivity (Wildman–Crippen MR) is 42.1 cm³/mol. The van der Waals surface area contributed by atoms with E-state index in [1.807, 2.05) is 33.8 Å². The van der Waals surface area contributed by atoms with Crippen LogP contribution in [0.15, 0.2) is 24.7 Å². The van der Waals surface area contributed by atoms with Crippen molar-refractivity contribution in [1.29, 1.82) is 0 Å². The summed E-state index contributed by atoms with van der Waals surface area (Å²) in [7, 11) is 0. The largest absolute Gasteiger partial charge is 0.471 e. The molecular weight excluding hydrogens is 112 g/mol. The molecule has 0 radical (unpaired) electrons. The van der Waals surface area contributed by atoms with Gasteiger partial charge in [-0.1, -0.05) is 20.4 Å². The van der Waals surface area contributed by atoms with Crippen molar-refractivity contribution in [2.45, 2.75) is 27.7 Å². The minimum atomic E-state index is 0.884. The fourth-order valence-corrected chi connectivity index (χ4v) is 0.199. The lowest BCUT2D eigenvalue weighted by Gasteiger charge is -1.93. The first-order valence-electron chi connectivity index (χ1n) is 3.21. The molecule has 0 aliphatic rings. The van der Waals surface area contributed by atoms with Crippen LogP contribution >= 0.6 is 0 Å². The van der Waals surface area contributed by atoms with E-state index in [0.717, 1.165) is 5.76 Å². The van der Waals surface area contributed by atoms with Crippen LogP contribution in [-0.4, -0.2) is 0 Å². The second-order valence-electron chi connectivity index (χ2n) is 1.18. The van der Waals surface area contributed by atoms with Gasteiger partial charge in [-0.2, -0.15) is 0 Å². The van der Waals surface area contributed by atoms with Gasteiger partial charge in [-0.25, -0.2) is 0 Å². The average molecular weight is 128 g/mol. The molecule has 0 aliphatic carbocycles. The van der Waals surface area contributed by atoms with Crippen LogP contribution in [0.5, 0.6) is 0 Å². The molecule has 0 heterocycles. The first-order valence-corrected chi connectivity index (χ1v) is 3.21. The Kier molecular flexibility index (Phi) is 12.7. The highest BCUT2D eigenvalue weighted by Gasteiger charge is 1.75. The SMILES string of the molecule is C=CO/C(C)=C\C.CC. The fraction of sp³-hybridized carbons (Fsp3) is 0.500. The summed E-state index contributed by atoms with van der Waals surface area (Å²) in [5, 5.41) is 0. The van der Waals surface area contributed by atoms with Crippen molar-refractivity contribution in [1.82, 2.24) is 0 Å². The molecule has 0 bridgehead atoms. The van der Waals surface area contributed by atoms with Crippen molar-refractivity contribution in [2.75, 3.05) is 0 Å². The molecule has 1 heteroatoms. The molecule has 0 aromatic carbocycles. The zero-order chi connectivity index (χ0) is 7.70. The van der Waals surface area contributed by atoms with Gasteiger partial charge >= 0.3 is 0 Å². The summed E-state index contributed by atoms with van der Waals surface area (Å²) >= 11 is 0. The third kappa shape index (κ3) is 11.1. The summed E-state index contributed by atoms with van der Waals surface area (Å²) in [5.74, 6) is 0.884. The van der Waals surface area contributed by atoms with Crippen molar-refractivity contribution in [3.8, 4) is 0 Å². The molecule has 0 spiro atoms. The van der Waals surface area contributed by atoms with Crippen LogP contribution in [0, 0.1) is 0 Å². The summed E-state index contributed by atoms with van der Waals surface area (Å²) in [4.78, 5) is 0. The molecule has 0 aromatic heterocycles. The Balaban J connectivity index is 0. The lowest BCUT2D eigenvalue weighted by atomic mass is 10.5. The van der Waals surface area contributed by atoms with Crippen LogP contribution in [0.3, 0.4) is 0 Å². The first kappa shape index (κ1) is 11.1. The van der Waals surface area contributed by atoms with Gasteiger partial charge in [0.05, 0.1) is 12.0 Å². The van der Waals surface area contributed by atoms with Gasteiger partial charge < -0.3 is 4.74 Å². The van der Waals surface area contributed by atoms with Crippen LogP contribution < -0.4 is 0 Å². The molecule has 0 rings (SSSR count). The standard InChI is InChI=1S/C6H10O.C2H6/c1-4-6(3)7-5-2;1-2/h4-5H,2H2,1,3H3;1-2H3/b6-4-;. The molecule has 0 fully saturated rings. The van der Waals surface area contributed by atoms with Crippen molar-refractivity contribution in [2.24, 2.45) is 0 Å². The summed E-state index contributed by atoms with van der Waals surface area (Å²) < 4.78 is 4.82. The summed E-state index contributed by atoms with van der Waals surface area (Å²) in [5.41, 5.74) is 0. The van der Waals surface area contributed by atoms with E-state index in [9.17, 15) is 0 Å². The zero-order valence-corrected chi connectivity index (χ0v) is 6.77. The van der Waals surface area contributed by atoms with Crippen LogP contribution in [0.2, 0.25) is 0 Å². The van der Waals surface area contributed by atoms with E-state index in [2.05, 4.69) is 6.58 Å². The normalized spacial score (nSPS) is 9.11. The van der Waals surface area contributed by atoms with E-state index in [1.54, 1.807) is 0 Å². The Morgan fingerprint density at radius 3 is 2.00 bits per heavy atom. The molecule has 0 N–H and O–H groups in total. The molecule has 0 amide bonds. The van der Waals surface area contributed by atoms with Crippen molar-refractivity contribution < 1.29 is 4.74 Å². The maximum Gasteiger partial charge on any atom is 0.0958 e. The smallest absolute Gasteiger partial charge is 0.0958 e. The average Bonchev–Trinajstić information content (AvgIpc) is 1.93. The quantitative estimate of drug-likeness (QED) is 0.519. The van der Waals surface area contributed by atoms with E-state index >= 15 is 0 Å². The Hall–Kier alpha value is -0.720. The molecule has 9 heavy (non-hydrogen) atoms. The third-order valence-electron chi connectivity index (χ3n) is 0.676. The van der Waals surface area contributed by atoms with E-state index in [4.69, 9.17) is 4.74 Å². The highest BCUT2D eigenvalue weighted by Crippen LogP contribution is 1.91. The summed E-state index contributed by atoms with van der Waals surface area (Å²) in [6.45, 7) is 11.2. The minimum Gasteiger partial charge on any atom is -0.471 e. The van der Waals surface area contributed by atoms with Crippen LogP contribution in [-0.2, 0) is 4.74 Å². The molecule has 0 saturated carbocycles. The topological polar surface area (TPSA) is 9.23 Å². The van der Waals surface area contributed by atoms with Gasteiger partial charge in [0.2, 0.25) is 0 Å². The lowest BCUT2D eigenvalue weighted by Crippen LogP contribution is -1.72. The second kappa shape index (κ2) is 10.3. The Labute approximate surface area is 58.0 Å². The zero-order valence-electron chi connectivity index (χ0n) is 6.77. The molecule has 0 aromatic rings. The maximum absolute atomic E-state index is 4.82. The molecule has 0 unspecified atom stereocenters. The fourth-order valence-electron chi connectivity index (χ4n) is 0.199. The molecule has 1 nitrogen and oxygen atoms in total. The van der Waals surface area contributed by atoms with Crippen molar-refractivity contribution >= 4 is 0 Å². The number of allylic oxidation sites excluding steroid dienone is 2. The van der Waals surface area contributed by atoms with E-state index in [-0.39, 0.29) is 0 Å². The van der Waals surface area contributed by atoms with Gasteiger partial charge in [0.1, 0.15) is 0 Å². The first-order chi connectivity index (χ1) is 4.31. The summed E-state index contributed by atoms with van der Waals surface area (Å²) in [6.07, 6.45) is 3.29. The van der Waals surface area contributed by atoms with Crippen LogP contribution in [0.1, 0.15) is 27.7 Å². The molecule has 0 saturated heterocycles. The van der Waals surface area contributed by atoms with E-state index in [1.165, 1.54) is 6.26 Å². The van der Waals surface area contributed by atoms with E-state index in [0.29, 0.717) is 0 Å². The van der Waals surface area contributed by atoms with Gasteiger partial charge in [-0.3, -0.25) is 0 Å². The monoisotopic (exact) mass is 128 g/mol. The van der Waals surface area contributed by atoms with Gasteiger partial charge in [-0.05, 0) is 19.9 Å². The van der Waals surface area contributed by atoms with Crippen molar-refractivity contribution in [3.05, 3.63) is 24.7 Å². The second-order valence-corrected chi connectivity index (χ2v) is 1.18. The lowest BCUT2D eigenvalue weighted by molar-refractivity contribution is 0.354. The minimum absolute atomic E-state index is 0.884. The third-order valence-corrected chi connectivity index (χ3v) is 0.676. The molecular formula is C8H16O. The van der Waals surface area contributed by atoms with Gasteiger partial charge in [0.15, 0.2) is 0 Å². The maximum atomic E-state index is 4.82. The number of ether oxygens (including phenoxy) is 1. The van der Waals surface area contributed by atoms with Crippen LogP contribution in [0.25, 0.3) is 0 Å². The molecule has 54 valence electrons. The Morgan fingerprint density at radius 2 is 1.89 bits per heavy atom. The molecule has 0 atom stereocenters. The Morgan fingerprint density at radius 1 is 1.44 bits per heavy atom. The number of rotatable bonds is 2. The Bertz CT molecular complexity index is 82.6. The van der Waals surface area contributed by atoms with E-state index < -0.39 is 0 Å². The van der Waals surface area contributed by atoms with Gasteiger partial charge in [0, 0.05) is 0 Å². The highest BCUT2D eigenvalue weighted by molar-refractivity contribution is 4.85. The van der Waals surface area contributed by atoms with Gasteiger partial charge in [-0.15, -0.1) is 0 Å². The van der Waals surface area contributed by atoms with Crippen molar-refractivity contribution in [3.63, 3.8) is 0 Å². The number of hydrogen-bond donors (Lipinski definition) is 0. The molecule has 0 aliphatic heterocycles. The highest BCUT2D eigenvalue weighted by atomic mass is 16.5. The predicted octanol–water partition coefficient (Wildman–Crippen LogP) is 3.10. The summed E-state index contributed by atoms with van der Waals surface area (Å²) in [6, 6.07) is 0. The van der Waals surface area contributed by atoms with Crippen LogP contribution in [0.4, 0.5) is 0 Å². The number of hydrogen-bond acceptors (Lipinski definition) is 1.